The Morgan fingerprint density at radius 1 is 1.04 bits per heavy atom. The quantitative estimate of drug-likeness (QED) is 0.679. The van der Waals surface area contributed by atoms with Crippen molar-refractivity contribution in [1.29, 1.82) is 0 Å². The molecule has 6 heteroatoms. The molecule has 1 aromatic heterocycles. The molecule has 0 spiro atoms. The van der Waals surface area contributed by atoms with E-state index in [9.17, 15) is 5.11 Å². The lowest BCUT2D eigenvalue weighted by Crippen LogP contribution is -2.17. The SMILES string of the molecule is Oc1ccc(Cl)cc1Nc1cc(C2CC2)nc(NC2CCCC2)n1. The fourth-order valence-corrected chi connectivity index (χ4v) is 3.35. The van der Waals surface area contributed by atoms with E-state index in [-0.39, 0.29) is 5.75 Å². The molecule has 0 amide bonds. The van der Waals surface area contributed by atoms with E-state index in [1.165, 1.54) is 38.5 Å². The molecule has 3 N–H and O–H groups in total. The van der Waals surface area contributed by atoms with Crippen molar-refractivity contribution in [2.24, 2.45) is 0 Å². The number of phenols is 1. The minimum absolute atomic E-state index is 0.149. The first-order chi connectivity index (χ1) is 11.7. The zero-order valence-electron chi connectivity index (χ0n) is 13.4. The van der Waals surface area contributed by atoms with Gasteiger partial charge in [0.05, 0.1) is 11.4 Å². The van der Waals surface area contributed by atoms with Gasteiger partial charge in [-0.2, -0.15) is 4.98 Å². The Labute approximate surface area is 146 Å². The third-order valence-corrected chi connectivity index (χ3v) is 4.89. The van der Waals surface area contributed by atoms with Crippen LogP contribution in [0, 0.1) is 0 Å². The maximum Gasteiger partial charge on any atom is 0.225 e. The van der Waals surface area contributed by atoms with Crippen molar-refractivity contribution in [3.8, 4) is 5.75 Å². The lowest BCUT2D eigenvalue weighted by molar-refractivity contribution is 0.477. The van der Waals surface area contributed by atoms with E-state index in [0.29, 0.717) is 34.4 Å². The molecule has 2 saturated carbocycles. The maximum atomic E-state index is 10.0. The second-order valence-electron chi connectivity index (χ2n) is 6.69. The molecule has 2 aliphatic carbocycles. The number of nitrogens with one attached hydrogen (secondary N) is 2. The fraction of sp³-hybridized carbons (Fsp3) is 0.444. The maximum absolute atomic E-state index is 10.0. The molecule has 2 aliphatic rings. The number of aromatic hydroxyl groups is 1. The molecular weight excluding hydrogens is 324 g/mol. The average molecular weight is 345 g/mol. The molecule has 5 nitrogen and oxygen atoms in total. The normalized spacial score (nSPS) is 17.9. The predicted octanol–water partition coefficient (Wildman–Crippen LogP) is 4.81. The van der Waals surface area contributed by atoms with Gasteiger partial charge >= 0.3 is 0 Å². The van der Waals surface area contributed by atoms with Crippen LogP contribution in [0.3, 0.4) is 0 Å². The van der Waals surface area contributed by atoms with Gasteiger partial charge in [0.25, 0.3) is 0 Å². The van der Waals surface area contributed by atoms with Crippen molar-refractivity contribution in [3.63, 3.8) is 0 Å². The molecular formula is C18H21ClN4O. The van der Waals surface area contributed by atoms with Gasteiger partial charge in [0.15, 0.2) is 0 Å². The zero-order chi connectivity index (χ0) is 16.5. The highest BCUT2D eigenvalue weighted by molar-refractivity contribution is 6.30. The molecule has 0 bridgehead atoms. The highest BCUT2D eigenvalue weighted by Gasteiger charge is 2.27. The molecule has 0 saturated heterocycles. The molecule has 2 aromatic rings. The fourth-order valence-electron chi connectivity index (χ4n) is 3.18. The van der Waals surface area contributed by atoms with E-state index >= 15 is 0 Å². The molecule has 1 heterocycles. The van der Waals surface area contributed by atoms with Gasteiger partial charge in [-0.25, -0.2) is 4.98 Å². The summed E-state index contributed by atoms with van der Waals surface area (Å²) in [5.74, 6) is 2.04. The summed E-state index contributed by atoms with van der Waals surface area (Å²) in [6.45, 7) is 0. The number of rotatable bonds is 5. The topological polar surface area (TPSA) is 70.1 Å². The summed E-state index contributed by atoms with van der Waals surface area (Å²) in [7, 11) is 0. The number of phenolic OH excluding ortho intramolecular Hbond substituents is 1. The van der Waals surface area contributed by atoms with Crippen LogP contribution in [-0.4, -0.2) is 21.1 Å². The highest BCUT2D eigenvalue weighted by atomic mass is 35.5. The second kappa shape index (κ2) is 6.48. The minimum atomic E-state index is 0.149. The van der Waals surface area contributed by atoms with Gasteiger partial charge in [0.1, 0.15) is 11.6 Å². The smallest absolute Gasteiger partial charge is 0.225 e. The van der Waals surface area contributed by atoms with Crippen molar-refractivity contribution < 1.29 is 5.11 Å². The van der Waals surface area contributed by atoms with E-state index in [4.69, 9.17) is 11.6 Å². The zero-order valence-corrected chi connectivity index (χ0v) is 14.2. The number of hydrogen-bond donors (Lipinski definition) is 3. The number of benzene rings is 1. The van der Waals surface area contributed by atoms with Crippen LogP contribution in [0.1, 0.15) is 50.1 Å². The number of hydrogen-bond acceptors (Lipinski definition) is 5. The van der Waals surface area contributed by atoms with Crippen molar-refractivity contribution >= 4 is 29.1 Å². The van der Waals surface area contributed by atoms with E-state index in [1.54, 1.807) is 18.2 Å². The van der Waals surface area contributed by atoms with Crippen molar-refractivity contribution in [2.75, 3.05) is 10.6 Å². The van der Waals surface area contributed by atoms with Gasteiger partial charge in [0.2, 0.25) is 5.95 Å². The van der Waals surface area contributed by atoms with Gasteiger partial charge < -0.3 is 15.7 Å². The van der Waals surface area contributed by atoms with E-state index in [0.717, 1.165) is 5.69 Å². The molecule has 1 aromatic carbocycles. The van der Waals surface area contributed by atoms with Gasteiger partial charge in [0, 0.05) is 23.0 Å². The molecule has 126 valence electrons. The third kappa shape index (κ3) is 3.56. The van der Waals surface area contributed by atoms with E-state index in [2.05, 4.69) is 20.6 Å². The average Bonchev–Trinajstić information content (AvgIpc) is 3.29. The molecule has 0 aliphatic heterocycles. The first-order valence-corrected chi connectivity index (χ1v) is 8.96. The molecule has 2 fully saturated rings. The Balaban J connectivity index is 1.61. The second-order valence-corrected chi connectivity index (χ2v) is 7.12. The number of nitrogens with zero attached hydrogens (tertiary/aromatic N) is 2. The largest absolute Gasteiger partial charge is 0.506 e. The van der Waals surface area contributed by atoms with Crippen LogP contribution in [0.15, 0.2) is 24.3 Å². The van der Waals surface area contributed by atoms with Crippen LogP contribution in [0.25, 0.3) is 0 Å². The van der Waals surface area contributed by atoms with Crippen LogP contribution in [0.4, 0.5) is 17.5 Å². The molecule has 4 rings (SSSR count). The van der Waals surface area contributed by atoms with Crippen molar-refractivity contribution in [1.82, 2.24) is 9.97 Å². The van der Waals surface area contributed by atoms with E-state index in [1.807, 2.05) is 6.07 Å². The molecule has 0 atom stereocenters. The first-order valence-electron chi connectivity index (χ1n) is 8.58. The first kappa shape index (κ1) is 15.5. The summed E-state index contributed by atoms with van der Waals surface area (Å²) in [5, 5.41) is 17.2. The van der Waals surface area contributed by atoms with Crippen LogP contribution in [0.2, 0.25) is 5.02 Å². The van der Waals surface area contributed by atoms with Gasteiger partial charge in [-0.15, -0.1) is 0 Å². The van der Waals surface area contributed by atoms with E-state index < -0.39 is 0 Å². The molecule has 0 unspecified atom stereocenters. The molecule has 24 heavy (non-hydrogen) atoms. The number of aromatic nitrogens is 2. The number of halogens is 1. The summed E-state index contributed by atoms with van der Waals surface area (Å²) in [6.07, 6.45) is 7.25. The highest BCUT2D eigenvalue weighted by Crippen LogP contribution is 2.40. The Morgan fingerprint density at radius 2 is 1.83 bits per heavy atom. The summed E-state index contributed by atoms with van der Waals surface area (Å²) in [5.41, 5.74) is 1.62. The monoisotopic (exact) mass is 344 g/mol. The van der Waals surface area contributed by atoms with Crippen LogP contribution < -0.4 is 10.6 Å². The third-order valence-electron chi connectivity index (χ3n) is 4.65. The summed E-state index contributed by atoms with van der Waals surface area (Å²) in [4.78, 5) is 9.28. The van der Waals surface area contributed by atoms with Crippen LogP contribution in [-0.2, 0) is 0 Å². The van der Waals surface area contributed by atoms with Gasteiger partial charge in [-0.1, -0.05) is 24.4 Å². The predicted molar refractivity (Wildman–Crippen MR) is 96.3 cm³/mol. The summed E-state index contributed by atoms with van der Waals surface area (Å²) < 4.78 is 0. The Hall–Kier alpha value is -2.01. The lowest BCUT2D eigenvalue weighted by atomic mass is 10.2. The van der Waals surface area contributed by atoms with Crippen LogP contribution >= 0.6 is 11.6 Å². The van der Waals surface area contributed by atoms with Crippen molar-refractivity contribution in [2.45, 2.75) is 50.5 Å². The van der Waals surface area contributed by atoms with Gasteiger partial charge in [-0.05, 0) is 43.9 Å². The Morgan fingerprint density at radius 3 is 2.58 bits per heavy atom. The van der Waals surface area contributed by atoms with Crippen molar-refractivity contribution in [3.05, 3.63) is 35.0 Å². The Kier molecular flexibility index (Phi) is 4.19. The lowest BCUT2D eigenvalue weighted by Gasteiger charge is -2.15. The van der Waals surface area contributed by atoms with Crippen LogP contribution in [0.5, 0.6) is 5.75 Å². The summed E-state index contributed by atoms with van der Waals surface area (Å²) >= 11 is 6.02. The Bertz CT molecular complexity index is 742. The minimum Gasteiger partial charge on any atom is -0.506 e. The van der Waals surface area contributed by atoms with Gasteiger partial charge in [-0.3, -0.25) is 0 Å². The summed E-state index contributed by atoms with van der Waals surface area (Å²) in [6, 6.07) is 7.36. The number of anilines is 3. The molecule has 0 radical (unpaired) electrons. The standard InChI is InChI=1S/C18H21ClN4O/c19-12-7-8-16(24)15(9-12)21-17-10-14(11-5-6-11)22-18(23-17)20-13-3-1-2-4-13/h7-11,13,24H,1-6H2,(H2,20,21,22,23).